The zero-order valence-electron chi connectivity index (χ0n) is 23.7. The van der Waals surface area contributed by atoms with Crippen molar-refractivity contribution < 1.29 is 27.5 Å². The summed E-state index contributed by atoms with van der Waals surface area (Å²) in [5, 5.41) is 5.42. The molecule has 2 aromatic rings. The van der Waals surface area contributed by atoms with E-state index in [0.29, 0.717) is 31.1 Å². The summed E-state index contributed by atoms with van der Waals surface area (Å²) in [6.07, 6.45) is 3.09. The Balaban J connectivity index is 1.85. The van der Waals surface area contributed by atoms with Gasteiger partial charge in [0.15, 0.2) is 0 Å². The Kier molecular flexibility index (Phi) is 11.7. The topological polar surface area (TPSA) is 125 Å². The summed E-state index contributed by atoms with van der Waals surface area (Å²) in [6.45, 7) is 11.0. The third-order valence-corrected chi connectivity index (χ3v) is 9.85. The molecule has 0 spiro atoms. The van der Waals surface area contributed by atoms with Crippen molar-refractivity contribution in [3.05, 3.63) is 45.8 Å². The summed E-state index contributed by atoms with van der Waals surface area (Å²) in [4.78, 5) is 41.6. The van der Waals surface area contributed by atoms with Crippen molar-refractivity contribution in [1.29, 1.82) is 0 Å². The van der Waals surface area contributed by atoms with E-state index in [1.54, 1.807) is 6.92 Å². The van der Waals surface area contributed by atoms with E-state index in [-0.39, 0.29) is 22.6 Å². The lowest BCUT2D eigenvalue weighted by atomic mass is 10.0. The van der Waals surface area contributed by atoms with E-state index in [2.05, 4.69) is 22.5 Å². The number of rotatable bonds is 13. The number of ether oxygens (including phenoxy) is 1. The largest absolute Gasteiger partial charge is 0.450 e. The van der Waals surface area contributed by atoms with E-state index in [0.717, 1.165) is 49.2 Å². The zero-order valence-corrected chi connectivity index (χ0v) is 25.4. The summed E-state index contributed by atoms with van der Waals surface area (Å²) < 4.78 is 32.9. The number of likely N-dealkylation sites (N-methyl/N-ethyl adjacent to an activating group) is 1. The molecule has 1 aliphatic rings. The average Bonchev–Trinajstić information content (AvgIpc) is 3.30. The number of unbranched alkanes of at least 4 members (excludes halogenated alkanes) is 2. The van der Waals surface area contributed by atoms with E-state index in [4.69, 9.17) is 4.74 Å². The number of hydrogen-bond acceptors (Lipinski definition) is 8. The van der Waals surface area contributed by atoms with Crippen LogP contribution in [-0.2, 0) is 27.7 Å². The number of sulfonamides is 1. The van der Waals surface area contributed by atoms with Crippen LogP contribution in [0.3, 0.4) is 0 Å². The molecule has 0 fully saturated rings. The van der Waals surface area contributed by atoms with Crippen LogP contribution in [0.25, 0.3) is 0 Å². The predicted octanol–water partition coefficient (Wildman–Crippen LogP) is 4.86. The van der Waals surface area contributed by atoms with Gasteiger partial charge in [0.1, 0.15) is 5.00 Å². The van der Waals surface area contributed by atoms with Crippen molar-refractivity contribution in [3.8, 4) is 0 Å². The lowest BCUT2D eigenvalue weighted by Crippen LogP contribution is -2.34. The van der Waals surface area contributed by atoms with Crippen LogP contribution in [0.1, 0.15) is 84.5 Å². The molecular formula is C28H40N4O6S2. The molecule has 1 aliphatic heterocycles. The average molecular weight is 593 g/mol. The van der Waals surface area contributed by atoms with Crippen molar-refractivity contribution in [2.75, 3.05) is 38.1 Å². The number of nitrogens with one attached hydrogen (secondary N) is 2. The summed E-state index contributed by atoms with van der Waals surface area (Å²) >= 11 is 1.31. The number of alkyl carbamates (subject to hydrolysis) is 1. The third kappa shape index (κ3) is 7.68. The first-order valence-corrected chi connectivity index (χ1v) is 16.2. The molecule has 10 nitrogen and oxygen atoms in total. The van der Waals surface area contributed by atoms with Gasteiger partial charge in [0.25, 0.3) is 11.8 Å². The number of fused-ring (bicyclic) bond motifs is 1. The van der Waals surface area contributed by atoms with Crippen molar-refractivity contribution in [2.45, 2.75) is 71.2 Å². The van der Waals surface area contributed by atoms with E-state index >= 15 is 0 Å². The Morgan fingerprint density at radius 1 is 1.00 bits per heavy atom. The smallest absolute Gasteiger partial charge is 0.414 e. The number of nitrogens with zero attached hydrogens (tertiary/aromatic N) is 2. The third-order valence-electron chi connectivity index (χ3n) is 6.80. The second kappa shape index (κ2) is 14.7. The van der Waals surface area contributed by atoms with Gasteiger partial charge in [-0.2, -0.15) is 4.31 Å². The number of anilines is 1. The maximum Gasteiger partial charge on any atom is 0.414 e. The molecule has 2 heterocycles. The molecular weight excluding hydrogens is 552 g/mol. The van der Waals surface area contributed by atoms with E-state index in [1.165, 1.54) is 39.9 Å². The van der Waals surface area contributed by atoms with Crippen LogP contribution in [0.5, 0.6) is 0 Å². The normalized spacial score (nSPS) is 13.6. The Hall–Kier alpha value is -2.80. The van der Waals surface area contributed by atoms with Gasteiger partial charge in [-0.25, -0.2) is 13.2 Å². The first-order valence-electron chi connectivity index (χ1n) is 13.9. The molecule has 0 aliphatic carbocycles. The number of carbonyl (C=O) groups is 3. The molecule has 0 unspecified atom stereocenters. The first kappa shape index (κ1) is 31.7. The fourth-order valence-electron chi connectivity index (χ4n) is 4.50. The van der Waals surface area contributed by atoms with Crippen LogP contribution >= 0.6 is 11.3 Å². The Morgan fingerprint density at radius 2 is 1.65 bits per heavy atom. The molecule has 0 radical (unpaired) electrons. The van der Waals surface area contributed by atoms with Crippen molar-refractivity contribution in [2.24, 2.45) is 0 Å². The number of amides is 3. The van der Waals surface area contributed by atoms with E-state index in [1.807, 2.05) is 13.8 Å². The van der Waals surface area contributed by atoms with Gasteiger partial charge in [-0.1, -0.05) is 33.6 Å². The highest BCUT2D eigenvalue weighted by Crippen LogP contribution is 2.37. The van der Waals surface area contributed by atoms with Gasteiger partial charge in [0.2, 0.25) is 10.0 Å². The van der Waals surface area contributed by atoms with E-state index < -0.39 is 27.9 Å². The summed E-state index contributed by atoms with van der Waals surface area (Å²) in [6, 6.07) is 5.85. The molecule has 12 heteroatoms. The fraction of sp³-hybridized carbons (Fsp3) is 0.536. The number of imide groups is 1. The molecule has 0 atom stereocenters. The highest BCUT2D eigenvalue weighted by molar-refractivity contribution is 7.89. The minimum absolute atomic E-state index is 0.122. The Morgan fingerprint density at radius 3 is 2.23 bits per heavy atom. The zero-order chi connectivity index (χ0) is 29.3. The highest BCUT2D eigenvalue weighted by atomic mass is 32.2. The lowest BCUT2D eigenvalue weighted by molar-refractivity contribution is 0.0924. The molecule has 0 saturated carbocycles. The molecule has 0 bridgehead atoms. The quantitative estimate of drug-likeness (QED) is 0.340. The monoisotopic (exact) mass is 592 g/mol. The van der Waals surface area contributed by atoms with Crippen LogP contribution in [0.2, 0.25) is 0 Å². The highest BCUT2D eigenvalue weighted by Gasteiger charge is 2.30. The summed E-state index contributed by atoms with van der Waals surface area (Å²) in [5.74, 6) is -1.11. The second-order valence-corrected chi connectivity index (χ2v) is 12.6. The molecule has 3 amide bonds. The van der Waals surface area contributed by atoms with Gasteiger partial charge < -0.3 is 10.1 Å². The minimum Gasteiger partial charge on any atom is -0.450 e. The molecule has 1 aromatic carbocycles. The fourth-order valence-corrected chi connectivity index (χ4v) is 7.30. The minimum atomic E-state index is -3.69. The van der Waals surface area contributed by atoms with Crippen molar-refractivity contribution >= 4 is 44.3 Å². The molecule has 1 aromatic heterocycles. The lowest BCUT2D eigenvalue weighted by Gasteiger charge is -2.25. The van der Waals surface area contributed by atoms with Gasteiger partial charge in [-0.05, 0) is 62.6 Å². The summed E-state index contributed by atoms with van der Waals surface area (Å²) in [5.41, 5.74) is 1.33. The maximum absolute atomic E-state index is 13.3. The van der Waals surface area contributed by atoms with Crippen LogP contribution in [-0.4, -0.2) is 68.3 Å². The first-order chi connectivity index (χ1) is 19.2. The van der Waals surface area contributed by atoms with Gasteiger partial charge in [-0.3, -0.25) is 19.8 Å². The second-order valence-electron chi connectivity index (χ2n) is 9.59. The van der Waals surface area contributed by atoms with Gasteiger partial charge in [0, 0.05) is 36.6 Å². The number of thiophene rings is 1. The van der Waals surface area contributed by atoms with Crippen molar-refractivity contribution in [3.63, 3.8) is 0 Å². The van der Waals surface area contributed by atoms with Gasteiger partial charge >= 0.3 is 6.09 Å². The van der Waals surface area contributed by atoms with Crippen LogP contribution in [0.15, 0.2) is 29.2 Å². The van der Waals surface area contributed by atoms with Crippen LogP contribution in [0, 0.1) is 0 Å². The van der Waals surface area contributed by atoms with Gasteiger partial charge in [-0.15, -0.1) is 11.3 Å². The van der Waals surface area contributed by atoms with Crippen LogP contribution < -0.4 is 10.6 Å². The van der Waals surface area contributed by atoms with E-state index in [9.17, 15) is 22.8 Å². The maximum atomic E-state index is 13.3. The molecule has 3 rings (SSSR count). The standard InChI is InChI=1S/C28H40N4O6S2/c1-5-9-16-32(17-10-6-2)40(36,37)21-13-11-20(12-14-21)25(33)29-27-24(26(34)30-28(35)38-8-4)22-15-18-31(7-3)19-23(22)39-27/h11-14H,5-10,15-19H2,1-4H3,(H,29,33)(H,30,34,35). The summed E-state index contributed by atoms with van der Waals surface area (Å²) in [7, 11) is -3.69. The molecule has 2 N–H and O–H groups in total. The molecule has 0 saturated heterocycles. The number of carbonyl (C=O) groups excluding carboxylic acids is 3. The molecule has 220 valence electrons. The van der Waals surface area contributed by atoms with Crippen LogP contribution in [0.4, 0.5) is 9.80 Å². The number of benzene rings is 1. The van der Waals surface area contributed by atoms with Crippen molar-refractivity contribution in [1.82, 2.24) is 14.5 Å². The molecule has 40 heavy (non-hydrogen) atoms. The SMILES string of the molecule is CCCCN(CCCC)S(=O)(=O)c1ccc(C(=O)Nc2sc3c(c2C(=O)NC(=O)OCC)CCN(CC)C3)cc1. The predicted molar refractivity (Wildman–Crippen MR) is 156 cm³/mol. The Labute approximate surface area is 241 Å². The van der Waals surface area contributed by atoms with Gasteiger partial charge in [0.05, 0.1) is 17.1 Å². The number of hydrogen-bond donors (Lipinski definition) is 2. The Bertz CT molecular complexity index is 1280.